The zero-order chi connectivity index (χ0) is 18.4. The van der Waals surface area contributed by atoms with Crippen LogP contribution in [0.15, 0.2) is 24.3 Å². The minimum Gasteiger partial charge on any atom is -0.493 e. The minimum atomic E-state index is -0.221. The molecule has 1 heterocycles. The normalized spacial score (nSPS) is 10.3. The number of carbonyl (C=O) groups excluding carboxylic acids is 1. The number of benzene rings is 1. The van der Waals surface area contributed by atoms with Crippen LogP contribution >= 0.6 is 22.9 Å². The van der Waals surface area contributed by atoms with Gasteiger partial charge in [-0.1, -0.05) is 11.6 Å². The number of urea groups is 1. The molecular formula is C17H21ClN2O4S. The lowest BCUT2D eigenvalue weighted by Gasteiger charge is -2.21. The zero-order valence-electron chi connectivity index (χ0n) is 14.6. The molecule has 1 aromatic heterocycles. The predicted molar refractivity (Wildman–Crippen MR) is 101 cm³/mol. The van der Waals surface area contributed by atoms with Gasteiger partial charge >= 0.3 is 6.03 Å². The fourth-order valence-corrected chi connectivity index (χ4v) is 3.41. The van der Waals surface area contributed by atoms with Crippen LogP contribution in [0.2, 0.25) is 4.34 Å². The first-order valence-corrected chi connectivity index (χ1v) is 8.82. The highest BCUT2D eigenvalue weighted by Crippen LogP contribution is 2.40. The lowest BCUT2D eigenvalue weighted by molar-refractivity contribution is 0.212. The van der Waals surface area contributed by atoms with Gasteiger partial charge in [0.15, 0.2) is 11.5 Å². The lowest BCUT2D eigenvalue weighted by atomic mass is 10.2. The SMILES string of the molecule is CCN(Cc1ccc(Cl)s1)C(=O)Nc1cc(OC)c(OC)c(OC)c1. The molecule has 0 spiro atoms. The molecule has 1 aromatic carbocycles. The maximum atomic E-state index is 12.6. The van der Waals surface area contributed by atoms with E-state index >= 15 is 0 Å². The molecule has 0 bridgehead atoms. The van der Waals surface area contributed by atoms with E-state index in [-0.39, 0.29) is 6.03 Å². The van der Waals surface area contributed by atoms with Crippen LogP contribution in [0.4, 0.5) is 10.5 Å². The van der Waals surface area contributed by atoms with Gasteiger partial charge in [0, 0.05) is 23.6 Å². The van der Waals surface area contributed by atoms with Gasteiger partial charge in [0.25, 0.3) is 0 Å². The Kier molecular flexibility index (Phi) is 6.78. The van der Waals surface area contributed by atoms with Gasteiger partial charge in [-0.25, -0.2) is 4.79 Å². The average Bonchev–Trinajstić information content (AvgIpc) is 3.03. The first-order chi connectivity index (χ1) is 12.0. The van der Waals surface area contributed by atoms with Crippen LogP contribution in [0.25, 0.3) is 0 Å². The molecule has 0 aliphatic heterocycles. The van der Waals surface area contributed by atoms with Gasteiger partial charge in [-0.2, -0.15) is 0 Å². The lowest BCUT2D eigenvalue weighted by Crippen LogP contribution is -2.34. The third kappa shape index (κ3) is 4.70. The largest absolute Gasteiger partial charge is 0.493 e. The van der Waals surface area contributed by atoms with Crippen molar-refractivity contribution >= 4 is 34.7 Å². The van der Waals surface area contributed by atoms with Gasteiger partial charge in [-0.05, 0) is 19.1 Å². The molecule has 0 unspecified atom stereocenters. The number of thiophene rings is 1. The fourth-order valence-electron chi connectivity index (χ4n) is 2.31. The van der Waals surface area contributed by atoms with Gasteiger partial charge in [0.2, 0.25) is 5.75 Å². The second kappa shape index (κ2) is 8.82. The van der Waals surface area contributed by atoms with Crippen LogP contribution < -0.4 is 19.5 Å². The molecule has 0 aliphatic carbocycles. The number of nitrogens with one attached hydrogen (secondary N) is 1. The Morgan fingerprint density at radius 1 is 1.16 bits per heavy atom. The van der Waals surface area contributed by atoms with Crippen molar-refractivity contribution in [1.29, 1.82) is 0 Å². The van der Waals surface area contributed by atoms with Gasteiger partial charge in [-0.3, -0.25) is 0 Å². The smallest absolute Gasteiger partial charge is 0.322 e. The maximum Gasteiger partial charge on any atom is 0.322 e. The van der Waals surface area contributed by atoms with E-state index in [1.54, 1.807) is 17.0 Å². The number of hydrogen-bond acceptors (Lipinski definition) is 5. The third-order valence-electron chi connectivity index (χ3n) is 3.56. The summed E-state index contributed by atoms with van der Waals surface area (Å²) in [6.07, 6.45) is 0. The molecule has 0 saturated heterocycles. The highest BCUT2D eigenvalue weighted by molar-refractivity contribution is 7.16. The van der Waals surface area contributed by atoms with Crippen molar-refractivity contribution in [3.8, 4) is 17.2 Å². The summed E-state index contributed by atoms with van der Waals surface area (Å²) >= 11 is 7.41. The van der Waals surface area contributed by atoms with Crippen molar-refractivity contribution in [2.45, 2.75) is 13.5 Å². The van der Waals surface area contributed by atoms with Crippen molar-refractivity contribution in [3.05, 3.63) is 33.5 Å². The van der Waals surface area contributed by atoms with Crippen LogP contribution in [-0.4, -0.2) is 38.8 Å². The maximum absolute atomic E-state index is 12.6. The summed E-state index contributed by atoms with van der Waals surface area (Å²) in [5.74, 6) is 1.43. The molecule has 0 atom stereocenters. The van der Waals surface area contributed by atoms with E-state index < -0.39 is 0 Å². The van der Waals surface area contributed by atoms with Crippen LogP contribution in [0, 0.1) is 0 Å². The minimum absolute atomic E-state index is 0.221. The van der Waals surface area contributed by atoms with Gasteiger partial charge < -0.3 is 24.4 Å². The first kappa shape index (κ1) is 19.2. The molecule has 8 heteroatoms. The number of ether oxygens (including phenoxy) is 3. The molecule has 136 valence electrons. The molecule has 1 N–H and O–H groups in total. The number of rotatable bonds is 7. The number of halogens is 1. The molecule has 0 aliphatic rings. The van der Waals surface area contributed by atoms with E-state index in [9.17, 15) is 4.79 Å². The quantitative estimate of drug-likeness (QED) is 0.764. The van der Waals surface area contributed by atoms with Gasteiger partial charge in [0.05, 0.1) is 37.9 Å². The van der Waals surface area contributed by atoms with E-state index in [2.05, 4.69) is 5.32 Å². The Hall–Kier alpha value is -2.12. The number of anilines is 1. The molecule has 2 rings (SSSR count). The molecule has 0 radical (unpaired) electrons. The summed E-state index contributed by atoms with van der Waals surface area (Å²) in [6.45, 7) is 2.97. The molecule has 0 fully saturated rings. The summed E-state index contributed by atoms with van der Waals surface area (Å²) in [7, 11) is 4.59. The summed E-state index contributed by atoms with van der Waals surface area (Å²) in [5, 5.41) is 2.86. The topological polar surface area (TPSA) is 60.0 Å². The first-order valence-electron chi connectivity index (χ1n) is 7.62. The van der Waals surface area contributed by atoms with E-state index in [0.29, 0.717) is 40.4 Å². The summed E-state index contributed by atoms with van der Waals surface area (Å²) in [5.41, 5.74) is 0.558. The third-order valence-corrected chi connectivity index (χ3v) is 4.78. The fraction of sp³-hybridized carbons (Fsp3) is 0.353. The van der Waals surface area contributed by atoms with E-state index in [1.807, 2.05) is 19.1 Å². The van der Waals surface area contributed by atoms with Crippen LogP contribution in [0.1, 0.15) is 11.8 Å². The summed E-state index contributed by atoms with van der Waals surface area (Å²) in [4.78, 5) is 15.3. The Balaban J connectivity index is 2.17. The molecular weight excluding hydrogens is 364 g/mol. The number of nitrogens with zero attached hydrogens (tertiary/aromatic N) is 1. The monoisotopic (exact) mass is 384 g/mol. The van der Waals surface area contributed by atoms with E-state index in [4.69, 9.17) is 25.8 Å². The molecule has 0 saturated carbocycles. The van der Waals surface area contributed by atoms with Crippen molar-refractivity contribution in [3.63, 3.8) is 0 Å². The second-order valence-corrected chi connectivity index (χ2v) is 6.86. The Morgan fingerprint density at radius 3 is 2.24 bits per heavy atom. The number of amides is 2. The highest BCUT2D eigenvalue weighted by atomic mass is 35.5. The molecule has 6 nitrogen and oxygen atoms in total. The standard InChI is InChI=1S/C17H21ClN2O4S/c1-5-20(10-12-6-7-15(18)25-12)17(21)19-11-8-13(22-2)16(24-4)14(9-11)23-3/h6-9H,5,10H2,1-4H3,(H,19,21). The van der Waals surface area contributed by atoms with E-state index in [1.165, 1.54) is 32.7 Å². The zero-order valence-corrected chi connectivity index (χ0v) is 16.2. The predicted octanol–water partition coefficient (Wildman–Crippen LogP) is 4.48. The van der Waals surface area contributed by atoms with Crippen molar-refractivity contribution in [2.24, 2.45) is 0 Å². The van der Waals surface area contributed by atoms with Crippen LogP contribution in [0.3, 0.4) is 0 Å². The van der Waals surface area contributed by atoms with Crippen LogP contribution in [0.5, 0.6) is 17.2 Å². The van der Waals surface area contributed by atoms with Crippen molar-refractivity contribution in [1.82, 2.24) is 4.90 Å². The van der Waals surface area contributed by atoms with Crippen LogP contribution in [-0.2, 0) is 6.54 Å². The highest BCUT2D eigenvalue weighted by Gasteiger charge is 2.17. The molecule has 2 aromatic rings. The molecule has 25 heavy (non-hydrogen) atoms. The summed E-state index contributed by atoms with van der Waals surface area (Å²) < 4.78 is 16.6. The molecule has 2 amide bonds. The Bertz CT molecular complexity index is 710. The Morgan fingerprint density at radius 2 is 1.80 bits per heavy atom. The number of carbonyl (C=O) groups is 1. The number of hydrogen-bond donors (Lipinski definition) is 1. The summed E-state index contributed by atoms with van der Waals surface area (Å²) in [6, 6.07) is 6.90. The van der Waals surface area contributed by atoms with Gasteiger partial charge in [-0.15, -0.1) is 11.3 Å². The Labute approximate surface area is 156 Å². The number of methoxy groups -OCH3 is 3. The second-order valence-electron chi connectivity index (χ2n) is 5.06. The van der Waals surface area contributed by atoms with Crippen molar-refractivity contribution in [2.75, 3.05) is 33.2 Å². The van der Waals surface area contributed by atoms with E-state index in [0.717, 1.165) is 4.88 Å². The average molecular weight is 385 g/mol. The van der Waals surface area contributed by atoms with Crippen molar-refractivity contribution < 1.29 is 19.0 Å². The van der Waals surface area contributed by atoms with Gasteiger partial charge in [0.1, 0.15) is 0 Å².